The summed E-state index contributed by atoms with van der Waals surface area (Å²) in [7, 11) is 0. The minimum absolute atomic E-state index is 0.243. The van der Waals surface area contributed by atoms with Crippen molar-refractivity contribution in [2.24, 2.45) is 11.8 Å². The Hall–Kier alpha value is -0.610. The Bertz CT molecular complexity index is 553. The molecule has 2 atom stereocenters. The molecule has 1 aromatic carbocycles. The molecule has 2 heterocycles. The number of likely N-dealkylation sites (tertiary alicyclic amines) is 1. The zero-order chi connectivity index (χ0) is 15.6. The lowest BCUT2D eigenvalue weighted by molar-refractivity contribution is 0.0521. The second-order valence-electron chi connectivity index (χ2n) is 7.04. The number of benzene rings is 1. The fraction of sp³-hybridized carbons (Fsp3) is 0.632. The predicted molar refractivity (Wildman–Crippen MR) is 100 cm³/mol. The van der Waals surface area contributed by atoms with E-state index in [0.717, 1.165) is 30.5 Å². The van der Waals surface area contributed by atoms with Crippen molar-refractivity contribution in [3.63, 3.8) is 0 Å². The Morgan fingerprint density at radius 2 is 1.65 bits per heavy atom. The van der Waals surface area contributed by atoms with Crippen molar-refractivity contribution in [3.8, 4) is 0 Å². The number of fused-ring (bicyclic) bond motifs is 1. The smallest absolute Gasteiger partial charge is 0.253 e. The molecule has 124 valence electrons. The van der Waals surface area contributed by atoms with Crippen LogP contribution in [-0.2, 0) is 0 Å². The van der Waals surface area contributed by atoms with Crippen LogP contribution in [0.5, 0.6) is 0 Å². The molecule has 4 rings (SSSR count). The molecule has 1 aliphatic carbocycles. The molecule has 3 fully saturated rings. The SMILES string of the molecule is O=C(c1ccc(C2SCCS2)cc1)N1CC[C@H]2CCCC[C@@H]2C1. The van der Waals surface area contributed by atoms with Crippen LogP contribution in [0.3, 0.4) is 0 Å². The van der Waals surface area contributed by atoms with Gasteiger partial charge in [-0.15, -0.1) is 23.5 Å². The summed E-state index contributed by atoms with van der Waals surface area (Å²) in [6, 6.07) is 8.42. The number of hydrogen-bond donors (Lipinski definition) is 0. The highest BCUT2D eigenvalue weighted by atomic mass is 32.2. The molecule has 1 amide bonds. The van der Waals surface area contributed by atoms with E-state index in [0.29, 0.717) is 4.58 Å². The van der Waals surface area contributed by atoms with Crippen LogP contribution >= 0.6 is 23.5 Å². The van der Waals surface area contributed by atoms with E-state index in [1.165, 1.54) is 49.2 Å². The lowest BCUT2D eigenvalue weighted by Crippen LogP contribution is -2.44. The molecule has 0 N–H and O–H groups in total. The number of hydrogen-bond acceptors (Lipinski definition) is 3. The van der Waals surface area contributed by atoms with Gasteiger partial charge in [-0.3, -0.25) is 4.79 Å². The highest BCUT2D eigenvalue weighted by Gasteiger charge is 2.33. The van der Waals surface area contributed by atoms with Crippen molar-refractivity contribution in [2.45, 2.75) is 36.7 Å². The summed E-state index contributed by atoms with van der Waals surface area (Å²) in [6.07, 6.45) is 6.67. The van der Waals surface area contributed by atoms with E-state index in [1.807, 2.05) is 35.7 Å². The van der Waals surface area contributed by atoms with Gasteiger partial charge in [0.25, 0.3) is 5.91 Å². The molecule has 3 aliphatic rings. The van der Waals surface area contributed by atoms with Crippen LogP contribution in [0.4, 0.5) is 0 Å². The van der Waals surface area contributed by atoms with Gasteiger partial charge < -0.3 is 4.90 Å². The van der Waals surface area contributed by atoms with Gasteiger partial charge in [-0.05, 0) is 42.4 Å². The molecule has 0 radical (unpaired) electrons. The van der Waals surface area contributed by atoms with Crippen LogP contribution in [0.1, 0.15) is 52.6 Å². The number of piperidine rings is 1. The van der Waals surface area contributed by atoms with Gasteiger partial charge in [0.2, 0.25) is 0 Å². The fourth-order valence-corrected chi connectivity index (χ4v) is 7.16. The zero-order valence-corrected chi connectivity index (χ0v) is 15.2. The van der Waals surface area contributed by atoms with E-state index in [9.17, 15) is 4.79 Å². The summed E-state index contributed by atoms with van der Waals surface area (Å²) in [5.41, 5.74) is 2.23. The standard InChI is InChI=1S/C19H25NOS2/c21-18(20-10-9-14-3-1-2-4-17(14)13-20)15-5-7-16(8-6-15)19-22-11-12-23-19/h5-8,14,17,19H,1-4,9-13H2/t14-,17-/m1/s1. The lowest BCUT2D eigenvalue weighted by atomic mass is 9.75. The van der Waals surface area contributed by atoms with E-state index in [-0.39, 0.29) is 5.91 Å². The predicted octanol–water partition coefficient (Wildman–Crippen LogP) is 4.82. The number of rotatable bonds is 2. The molecule has 0 unspecified atom stereocenters. The van der Waals surface area contributed by atoms with Gasteiger partial charge in [-0.25, -0.2) is 0 Å². The average Bonchev–Trinajstić information content (AvgIpc) is 3.15. The highest BCUT2D eigenvalue weighted by molar-refractivity contribution is 8.19. The highest BCUT2D eigenvalue weighted by Crippen LogP contribution is 2.45. The maximum absolute atomic E-state index is 12.8. The van der Waals surface area contributed by atoms with E-state index in [4.69, 9.17) is 0 Å². The van der Waals surface area contributed by atoms with Crippen molar-refractivity contribution in [2.75, 3.05) is 24.6 Å². The number of carbonyl (C=O) groups excluding carboxylic acids is 1. The molecule has 2 nitrogen and oxygen atoms in total. The third kappa shape index (κ3) is 3.43. The summed E-state index contributed by atoms with van der Waals surface area (Å²) in [4.78, 5) is 14.9. The van der Waals surface area contributed by atoms with Gasteiger partial charge >= 0.3 is 0 Å². The normalized spacial score (nSPS) is 28.6. The van der Waals surface area contributed by atoms with Gasteiger partial charge in [-0.1, -0.05) is 31.4 Å². The van der Waals surface area contributed by atoms with Gasteiger partial charge in [-0.2, -0.15) is 0 Å². The Morgan fingerprint density at radius 1 is 0.957 bits per heavy atom. The van der Waals surface area contributed by atoms with E-state index in [2.05, 4.69) is 17.0 Å². The van der Waals surface area contributed by atoms with Crippen molar-refractivity contribution >= 4 is 29.4 Å². The molecule has 4 heteroatoms. The number of nitrogens with zero attached hydrogens (tertiary/aromatic N) is 1. The Labute approximate surface area is 147 Å². The molecule has 2 saturated heterocycles. The lowest BCUT2D eigenvalue weighted by Gasteiger charge is -2.41. The second kappa shape index (κ2) is 7.10. The van der Waals surface area contributed by atoms with Crippen LogP contribution in [0.15, 0.2) is 24.3 Å². The molecule has 0 aromatic heterocycles. The average molecular weight is 348 g/mol. The molecule has 23 heavy (non-hydrogen) atoms. The summed E-state index contributed by atoms with van der Waals surface area (Å²) < 4.78 is 0.567. The molecule has 2 aliphatic heterocycles. The molecule has 1 saturated carbocycles. The Balaban J connectivity index is 1.42. The molecule has 0 bridgehead atoms. The number of carbonyl (C=O) groups is 1. The Morgan fingerprint density at radius 3 is 2.39 bits per heavy atom. The minimum atomic E-state index is 0.243. The summed E-state index contributed by atoms with van der Waals surface area (Å²) in [6.45, 7) is 1.94. The summed E-state index contributed by atoms with van der Waals surface area (Å²) in [5.74, 6) is 4.37. The topological polar surface area (TPSA) is 20.3 Å². The van der Waals surface area contributed by atoms with Crippen molar-refractivity contribution in [3.05, 3.63) is 35.4 Å². The van der Waals surface area contributed by atoms with Gasteiger partial charge in [0.15, 0.2) is 0 Å². The molecule has 1 aromatic rings. The second-order valence-corrected chi connectivity index (χ2v) is 9.76. The quantitative estimate of drug-likeness (QED) is 0.765. The largest absolute Gasteiger partial charge is 0.338 e. The van der Waals surface area contributed by atoms with Crippen molar-refractivity contribution in [1.82, 2.24) is 4.90 Å². The van der Waals surface area contributed by atoms with E-state index >= 15 is 0 Å². The fourth-order valence-electron chi connectivity index (χ4n) is 4.30. The van der Waals surface area contributed by atoms with Crippen LogP contribution in [-0.4, -0.2) is 35.4 Å². The Kier molecular flexibility index (Phi) is 4.91. The van der Waals surface area contributed by atoms with Crippen LogP contribution in [0.25, 0.3) is 0 Å². The molecule has 0 spiro atoms. The van der Waals surface area contributed by atoms with E-state index < -0.39 is 0 Å². The summed E-state index contributed by atoms with van der Waals surface area (Å²) >= 11 is 4.04. The van der Waals surface area contributed by atoms with Gasteiger partial charge in [0, 0.05) is 30.2 Å². The third-order valence-corrected chi connectivity index (χ3v) is 8.73. The van der Waals surface area contributed by atoms with Crippen LogP contribution in [0, 0.1) is 11.8 Å². The van der Waals surface area contributed by atoms with Gasteiger partial charge in [0.05, 0.1) is 4.58 Å². The maximum Gasteiger partial charge on any atom is 0.253 e. The monoisotopic (exact) mass is 347 g/mol. The van der Waals surface area contributed by atoms with E-state index in [1.54, 1.807) is 0 Å². The van der Waals surface area contributed by atoms with Crippen molar-refractivity contribution in [1.29, 1.82) is 0 Å². The summed E-state index contributed by atoms with van der Waals surface area (Å²) in [5, 5.41) is 0. The first-order chi connectivity index (χ1) is 11.3. The number of amides is 1. The first-order valence-corrected chi connectivity index (χ1v) is 11.0. The van der Waals surface area contributed by atoms with Crippen molar-refractivity contribution < 1.29 is 4.79 Å². The minimum Gasteiger partial charge on any atom is -0.338 e. The number of thioether (sulfide) groups is 2. The van der Waals surface area contributed by atoms with Gasteiger partial charge in [0.1, 0.15) is 0 Å². The van der Waals surface area contributed by atoms with Crippen LogP contribution in [0.2, 0.25) is 0 Å². The molecular weight excluding hydrogens is 322 g/mol. The maximum atomic E-state index is 12.8. The zero-order valence-electron chi connectivity index (χ0n) is 13.6. The molecular formula is C19H25NOS2. The van der Waals surface area contributed by atoms with Crippen LogP contribution < -0.4 is 0 Å². The first kappa shape index (κ1) is 15.9. The first-order valence-electron chi connectivity index (χ1n) is 8.94. The third-order valence-electron chi connectivity index (χ3n) is 5.63.